The lowest BCUT2D eigenvalue weighted by atomic mass is 9.63. The summed E-state index contributed by atoms with van der Waals surface area (Å²) in [4.78, 5) is 31.4. The summed E-state index contributed by atoms with van der Waals surface area (Å²) in [6.07, 6.45) is 6.36. The fraction of sp³-hybridized carbons (Fsp3) is 0.353. The Hall–Kier alpha value is -2.01. The molecular formula is C17H14N2O2S. The summed E-state index contributed by atoms with van der Waals surface area (Å²) in [6.45, 7) is 0. The summed E-state index contributed by atoms with van der Waals surface area (Å²) in [7, 11) is 0. The number of amides is 2. The number of imide groups is 1. The molecule has 1 saturated carbocycles. The van der Waals surface area contributed by atoms with Crippen molar-refractivity contribution in [3.05, 3.63) is 35.9 Å². The molecule has 2 bridgehead atoms. The Morgan fingerprint density at radius 1 is 1.05 bits per heavy atom. The minimum Gasteiger partial charge on any atom is -0.274 e. The second kappa shape index (κ2) is 4.26. The standard InChI is InChI=1S/C17H14N2O2S/c20-16-14-9-1-2-10(4-3-9)15(14)17(21)19(16)11-5-6-12-13(7-11)22-8-18-12/h1-2,5-10,14-15H,3-4H2. The quantitative estimate of drug-likeness (QED) is 0.601. The third kappa shape index (κ3) is 1.49. The van der Waals surface area contributed by atoms with E-state index in [1.165, 1.54) is 16.2 Å². The third-order valence-electron chi connectivity index (χ3n) is 5.33. The Morgan fingerprint density at radius 2 is 1.73 bits per heavy atom. The minimum absolute atomic E-state index is 0.0158. The van der Waals surface area contributed by atoms with E-state index in [-0.39, 0.29) is 35.5 Å². The zero-order chi connectivity index (χ0) is 14.8. The van der Waals surface area contributed by atoms with Gasteiger partial charge in [0.25, 0.3) is 0 Å². The van der Waals surface area contributed by atoms with Crippen molar-refractivity contribution >= 4 is 39.1 Å². The van der Waals surface area contributed by atoms with Gasteiger partial charge in [-0.25, -0.2) is 9.88 Å². The topological polar surface area (TPSA) is 50.3 Å². The molecule has 0 radical (unpaired) electrons. The van der Waals surface area contributed by atoms with E-state index in [4.69, 9.17) is 0 Å². The van der Waals surface area contributed by atoms with Gasteiger partial charge in [-0.2, -0.15) is 0 Å². The van der Waals surface area contributed by atoms with E-state index in [1.807, 2.05) is 18.2 Å². The molecule has 4 nitrogen and oxygen atoms in total. The Bertz CT molecular complexity index is 808. The number of nitrogens with zero attached hydrogens (tertiary/aromatic N) is 2. The largest absolute Gasteiger partial charge is 0.274 e. The molecule has 1 aromatic heterocycles. The van der Waals surface area contributed by atoms with Crippen molar-refractivity contribution in [2.75, 3.05) is 4.90 Å². The smallest absolute Gasteiger partial charge is 0.238 e. The molecule has 2 amide bonds. The number of rotatable bonds is 1. The summed E-state index contributed by atoms with van der Waals surface area (Å²) in [6, 6.07) is 5.64. The zero-order valence-corrected chi connectivity index (χ0v) is 12.6. The van der Waals surface area contributed by atoms with Crippen LogP contribution in [0.1, 0.15) is 12.8 Å². The van der Waals surface area contributed by atoms with Crippen molar-refractivity contribution in [1.82, 2.24) is 4.98 Å². The maximum atomic E-state index is 12.9. The maximum Gasteiger partial charge on any atom is 0.238 e. The average Bonchev–Trinajstić information content (AvgIpc) is 3.12. The SMILES string of the molecule is O=C1C2C3C=CC(CC3)C2C(=O)N1c1ccc2ncsc2c1. The van der Waals surface area contributed by atoms with Crippen LogP contribution in [-0.2, 0) is 9.59 Å². The van der Waals surface area contributed by atoms with Crippen LogP contribution >= 0.6 is 11.3 Å². The fourth-order valence-electron chi connectivity index (χ4n) is 4.31. The van der Waals surface area contributed by atoms with Crippen molar-refractivity contribution in [3.63, 3.8) is 0 Å². The highest BCUT2D eigenvalue weighted by molar-refractivity contribution is 7.16. The van der Waals surface area contributed by atoms with Gasteiger partial charge in [0.2, 0.25) is 11.8 Å². The molecule has 0 spiro atoms. The van der Waals surface area contributed by atoms with E-state index in [9.17, 15) is 9.59 Å². The molecule has 2 aromatic rings. The van der Waals surface area contributed by atoms with Crippen LogP contribution < -0.4 is 4.90 Å². The fourth-order valence-corrected chi connectivity index (χ4v) is 5.02. The van der Waals surface area contributed by atoms with Gasteiger partial charge in [0.15, 0.2) is 0 Å². The van der Waals surface area contributed by atoms with Crippen molar-refractivity contribution in [1.29, 1.82) is 0 Å². The summed E-state index contributed by atoms with van der Waals surface area (Å²) < 4.78 is 1.01. The summed E-state index contributed by atoms with van der Waals surface area (Å²) in [5, 5.41) is 0. The number of fused-ring (bicyclic) bond motifs is 2. The van der Waals surface area contributed by atoms with Crippen LogP contribution in [0.2, 0.25) is 0 Å². The molecule has 2 fully saturated rings. The van der Waals surface area contributed by atoms with Gasteiger partial charge in [-0.15, -0.1) is 11.3 Å². The van der Waals surface area contributed by atoms with Gasteiger partial charge in [-0.05, 0) is 42.9 Å². The van der Waals surface area contributed by atoms with Crippen LogP contribution in [0.5, 0.6) is 0 Å². The molecule has 1 aromatic carbocycles. The predicted octanol–water partition coefficient (Wildman–Crippen LogP) is 3.00. The number of aromatic nitrogens is 1. The molecule has 22 heavy (non-hydrogen) atoms. The number of hydrogen-bond donors (Lipinski definition) is 0. The first-order valence-corrected chi connectivity index (χ1v) is 8.51. The maximum absolute atomic E-state index is 12.9. The van der Waals surface area contributed by atoms with Crippen molar-refractivity contribution in [3.8, 4) is 0 Å². The lowest BCUT2D eigenvalue weighted by Crippen LogP contribution is -2.38. The Kier molecular flexibility index (Phi) is 2.42. The average molecular weight is 310 g/mol. The summed E-state index contributed by atoms with van der Waals surface area (Å²) >= 11 is 1.53. The summed E-state index contributed by atoms with van der Waals surface area (Å²) in [5.74, 6) is 0.157. The van der Waals surface area contributed by atoms with Gasteiger partial charge in [0.1, 0.15) is 0 Å². The van der Waals surface area contributed by atoms with E-state index in [0.717, 1.165) is 23.1 Å². The Balaban J connectivity index is 1.61. The van der Waals surface area contributed by atoms with Gasteiger partial charge in [-0.3, -0.25) is 9.59 Å². The van der Waals surface area contributed by atoms with Gasteiger partial charge in [0.05, 0.1) is 33.3 Å². The van der Waals surface area contributed by atoms with Crippen LogP contribution in [-0.4, -0.2) is 16.8 Å². The molecule has 6 rings (SSSR count). The molecule has 3 aliphatic carbocycles. The number of allylic oxidation sites excluding steroid dienone is 2. The van der Waals surface area contributed by atoms with E-state index < -0.39 is 0 Å². The first-order valence-electron chi connectivity index (χ1n) is 7.63. The highest BCUT2D eigenvalue weighted by atomic mass is 32.1. The predicted molar refractivity (Wildman–Crippen MR) is 84.4 cm³/mol. The highest BCUT2D eigenvalue weighted by Crippen LogP contribution is 2.50. The molecule has 1 saturated heterocycles. The molecule has 2 heterocycles. The lowest BCUT2D eigenvalue weighted by molar-refractivity contribution is -0.124. The van der Waals surface area contributed by atoms with E-state index >= 15 is 0 Å². The molecule has 1 aliphatic heterocycles. The normalized spacial score (nSPS) is 33.0. The number of anilines is 1. The van der Waals surface area contributed by atoms with Gasteiger partial charge in [0, 0.05) is 0 Å². The van der Waals surface area contributed by atoms with Crippen LogP contribution in [0.3, 0.4) is 0 Å². The minimum atomic E-state index is -0.145. The van der Waals surface area contributed by atoms with Crippen molar-refractivity contribution in [2.24, 2.45) is 23.7 Å². The lowest BCUT2D eigenvalue weighted by Gasteiger charge is -2.38. The number of carbonyl (C=O) groups excluding carboxylic acids is 2. The number of hydrogen-bond acceptors (Lipinski definition) is 4. The molecular weight excluding hydrogens is 296 g/mol. The van der Waals surface area contributed by atoms with E-state index in [2.05, 4.69) is 17.1 Å². The molecule has 0 N–H and O–H groups in total. The monoisotopic (exact) mass is 310 g/mol. The third-order valence-corrected chi connectivity index (χ3v) is 6.12. The first kappa shape index (κ1) is 12.5. The van der Waals surface area contributed by atoms with Gasteiger partial charge >= 0.3 is 0 Å². The number of benzene rings is 1. The second-order valence-electron chi connectivity index (χ2n) is 6.36. The molecule has 4 unspecified atom stereocenters. The van der Waals surface area contributed by atoms with E-state index in [1.54, 1.807) is 5.51 Å². The Labute approximate surface area is 131 Å². The van der Waals surface area contributed by atoms with Crippen molar-refractivity contribution < 1.29 is 9.59 Å². The van der Waals surface area contributed by atoms with Gasteiger partial charge in [-0.1, -0.05) is 12.2 Å². The van der Waals surface area contributed by atoms with Crippen LogP contribution in [0.25, 0.3) is 10.2 Å². The van der Waals surface area contributed by atoms with Gasteiger partial charge < -0.3 is 0 Å². The van der Waals surface area contributed by atoms with Crippen LogP contribution in [0.4, 0.5) is 5.69 Å². The number of thiazole rings is 1. The molecule has 5 heteroatoms. The first-order chi connectivity index (χ1) is 10.7. The molecule has 110 valence electrons. The highest BCUT2D eigenvalue weighted by Gasteiger charge is 2.56. The van der Waals surface area contributed by atoms with Crippen LogP contribution in [0, 0.1) is 23.7 Å². The second-order valence-corrected chi connectivity index (χ2v) is 7.24. The molecule has 4 aliphatic rings. The molecule has 4 atom stereocenters. The summed E-state index contributed by atoms with van der Waals surface area (Å²) in [5.41, 5.74) is 3.39. The number of carbonyl (C=O) groups is 2. The van der Waals surface area contributed by atoms with E-state index in [0.29, 0.717) is 5.69 Å². The van der Waals surface area contributed by atoms with Crippen LogP contribution in [0.15, 0.2) is 35.9 Å². The van der Waals surface area contributed by atoms with Crippen molar-refractivity contribution in [2.45, 2.75) is 12.8 Å². The zero-order valence-electron chi connectivity index (χ0n) is 11.8. The Morgan fingerprint density at radius 3 is 2.36 bits per heavy atom.